The summed E-state index contributed by atoms with van der Waals surface area (Å²) in [5.41, 5.74) is 0.625. The summed E-state index contributed by atoms with van der Waals surface area (Å²) in [5.74, 6) is 0.944. The number of ether oxygens (including phenoxy) is 5. The molecule has 0 aromatic heterocycles. The first-order valence-electron chi connectivity index (χ1n) is 9.94. The van der Waals surface area contributed by atoms with Gasteiger partial charge >= 0.3 is 12.0 Å². The van der Waals surface area contributed by atoms with Crippen molar-refractivity contribution in [3.05, 3.63) is 54.6 Å². The monoisotopic (exact) mass is 428 g/mol. The predicted octanol–water partition coefficient (Wildman–Crippen LogP) is 2.32. The molecule has 0 spiro atoms. The van der Waals surface area contributed by atoms with Gasteiger partial charge in [-0.25, -0.2) is 9.59 Å². The molecule has 9 nitrogen and oxygen atoms in total. The number of esters is 1. The van der Waals surface area contributed by atoms with Gasteiger partial charge in [0.25, 0.3) is 0 Å². The number of nitrogens with one attached hydrogen (secondary N) is 2. The molecule has 2 aromatic carbocycles. The minimum absolute atomic E-state index is 0.167. The normalized spacial score (nSPS) is 24.3. The van der Waals surface area contributed by atoms with Crippen molar-refractivity contribution in [3.8, 4) is 11.5 Å². The zero-order valence-electron chi connectivity index (χ0n) is 17.0. The van der Waals surface area contributed by atoms with Crippen LogP contribution in [0.25, 0.3) is 0 Å². The molecular weight excluding hydrogens is 404 g/mol. The Morgan fingerprint density at radius 2 is 1.68 bits per heavy atom. The maximum atomic E-state index is 12.4. The number of hydrogen-bond acceptors (Lipinski definition) is 7. The van der Waals surface area contributed by atoms with Gasteiger partial charge in [-0.15, -0.1) is 0 Å². The number of methoxy groups -OCH3 is 1. The van der Waals surface area contributed by atoms with E-state index in [1.165, 1.54) is 7.11 Å². The maximum Gasteiger partial charge on any atom is 0.331 e. The largest absolute Gasteiger partial charge is 0.467 e. The van der Waals surface area contributed by atoms with Crippen LogP contribution in [0.15, 0.2) is 54.6 Å². The molecular formula is C22H24N2O7. The van der Waals surface area contributed by atoms with E-state index in [1.807, 2.05) is 30.3 Å². The van der Waals surface area contributed by atoms with Gasteiger partial charge in [0.2, 0.25) is 0 Å². The maximum absolute atomic E-state index is 12.4. The smallest absolute Gasteiger partial charge is 0.331 e. The van der Waals surface area contributed by atoms with Gasteiger partial charge in [-0.1, -0.05) is 18.2 Å². The van der Waals surface area contributed by atoms with Crippen LogP contribution in [0, 0.1) is 0 Å². The predicted molar refractivity (Wildman–Crippen MR) is 110 cm³/mol. The molecule has 2 amide bonds. The summed E-state index contributed by atoms with van der Waals surface area (Å²) in [4.78, 5) is 23.7. The Morgan fingerprint density at radius 3 is 2.42 bits per heavy atom. The van der Waals surface area contributed by atoms with Crippen molar-refractivity contribution < 1.29 is 33.3 Å². The molecule has 2 heterocycles. The summed E-state index contributed by atoms with van der Waals surface area (Å²) >= 11 is 0. The molecule has 2 aromatic rings. The van der Waals surface area contributed by atoms with E-state index in [0.717, 1.165) is 5.75 Å². The molecule has 9 heteroatoms. The van der Waals surface area contributed by atoms with Crippen LogP contribution in [0.3, 0.4) is 0 Å². The van der Waals surface area contributed by atoms with Crippen molar-refractivity contribution >= 4 is 17.7 Å². The number of amides is 2. The number of carbonyl (C=O) groups is 2. The number of rotatable bonds is 7. The molecule has 4 atom stereocenters. The minimum Gasteiger partial charge on any atom is -0.467 e. The molecule has 31 heavy (non-hydrogen) atoms. The van der Waals surface area contributed by atoms with E-state index in [4.69, 9.17) is 18.9 Å². The Morgan fingerprint density at radius 1 is 0.968 bits per heavy atom. The van der Waals surface area contributed by atoms with Crippen LogP contribution in [-0.2, 0) is 23.7 Å². The van der Waals surface area contributed by atoms with E-state index >= 15 is 0 Å². The van der Waals surface area contributed by atoms with Gasteiger partial charge in [-0.05, 0) is 36.4 Å². The summed E-state index contributed by atoms with van der Waals surface area (Å²) in [7, 11) is 1.30. The Labute approximate surface area is 179 Å². The lowest BCUT2D eigenvalue weighted by Crippen LogP contribution is -2.46. The van der Waals surface area contributed by atoms with Crippen LogP contribution in [0.2, 0.25) is 0 Å². The van der Waals surface area contributed by atoms with Gasteiger partial charge in [0, 0.05) is 5.69 Å². The third kappa shape index (κ3) is 5.32. The fraction of sp³-hybridized carbons (Fsp3) is 0.364. The summed E-state index contributed by atoms with van der Waals surface area (Å²) in [6, 6.07) is 15.8. The Hall–Kier alpha value is -3.14. The van der Waals surface area contributed by atoms with Crippen molar-refractivity contribution in [1.29, 1.82) is 0 Å². The number of fused-ring (bicyclic) bond motifs is 1. The number of urea groups is 1. The zero-order valence-corrected chi connectivity index (χ0v) is 17.0. The van der Waals surface area contributed by atoms with E-state index in [9.17, 15) is 9.59 Å². The van der Waals surface area contributed by atoms with Crippen LogP contribution < -0.4 is 15.4 Å². The first-order valence-corrected chi connectivity index (χ1v) is 9.94. The molecule has 164 valence electrons. The van der Waals surface area contributed by atoms with Crippen LogP contribution in [0.1, 0.15) is 0 Å². The first-order chi connectivity index (χ1) is 15.1. The standard InChI is InChI=1S/C22H24N2O7/c1-27-19(25)13-28-18-12-30-20-17(11-29-21(18)20)24-22(26)23-14-7-9-16(10-8-14)31-15-5-3-2-4-6-15/h2-10,17-18,20-21H,11-13H2,1H3,(H2,23,24,26). The van der Waals surface area contributed by atoms with Gasteiger partial charge in [-0.2, -0.15) is 0 Å². The molecule has 0 radical (unpaired) electrons. The fourth-order valence-corrected chi connectivity index (χ4v) is 3.53. The molecule has 0 saturated carbocycles. The Kier molecular flexibility index (Phi) is 6.66. The number of para-hydroxylation sites is 1. The average Bonchev–Trinajstić information content (AvgIpc) is 3.37. The van der Waals surface area contributed by atoms with Crippen LogP contribution >= 0.6 is 0 Å². The molecule has 2 fully saturated rings. The number of benzene rings is 2. The lowest BCUT2D eigenvalue weighted by molar-refractivity contribution is -0.150. The van der Waals surface area contributed by atoms with Crippen molar-refractivity contribution in [2.24, 2.45) is 0 Å². The third-order valence-electron chi connectivity index (χ3n) is 5.06. The van der Waals surface area contributed by atoms with E-state index in [2.05, 4.69) is 15.4 Å². The molecule has 0 bridgehead atoms. The van der Waals surface area contributed by atoms with Crippen molar-refractivity contribution in [2.75, 3.05) is 32.2 Å². The molecule has 2 saturated heterocycles. The third-order valence-corrected chi connectivity index (χ3v) is 5.06. The second-order valence-corrected chi connectivity index (χ2v) is 7.17. The Balaban J connectivity index is 1.25. The number of carbonyl (C=O) groups excluding carboxylic acids is 2. The van der Waals surface area contributed by atoms with E-state index < -0.39 is 5.97 Å². The molecule has 2 aliphatic heterocycles. The topological polar surface area (TPSA) is 104 Å². The molecule has 4 unspecified atom stereocenters. The Bertz CT molecular complexity index is 890. The SMILES string of the molecule is COC(=O)COC1COC2C(NC(=O)Nc3ccc(Oc4ccccc4)cc3)COC12. The average molecular weight is 428 g/mol. The van der Waals surface area contributed by atoms with Crippen molar-refractivity contribution in [1.82, 2.24) is 5.32 Å². The van der Waals surface area contributed by atoms with Gasteiger partial charge < -0.3 is 34.3 Å². The summed E-state index contributed by atoms with van der Waals surface area (Å²) in [6.45, 7) is 0.416. The van der Waals surface area contributed by atoms with E-state index in [1.54, 1.807) is 24.3 Å². The fourth-order valence-electron chi connectivity index (χ4n) is 3.53. The molecule has 2 aliphatic rings. The summed E-state index contributed by atoms with van der Waals surface area (Å²) < 4.78 is 27.3. The molecule has 0 aliphatic carbocycles. The lowest BCUT2D eigenvalue weighted by atomic mass is 10.1. The number of anilines is 1. The first kappa shape index (κ1) is 21.1. The van der Waals surface area contributed by atoms with E-state index in [-0.39, 0.29) is 43.6 Å². The van der Waals surface area contributed by atoms with Gasteiger partial charge in [0.1, 0.15) is 36.4 Å². The highest BCUT2D eigenvalue weighted by atomic mass is 16.6. The van der Waals surface area contributed by atoms with Crippen LogP contribution in [0.4, 0.5) is 10.5 Å². The summed E-state index contributed by atoms with van der Waals surface area (Å²) in [6.07, 6.45) is -1.06. The van der Waals surface area contributed by atoms with Crippen LogP contribution in [-0.4, -0.2) is 63.3 Å². The second kappa shape index (κ2) is 9.78. The quantitative estimate of drug-likeness (QED) is 0.652. The molecule has 2 N–H and O–H groups in total. The van der Waals surface area contributed by atoms with Crippen LogP contribution in [0.5, 0.6) is 11.5 Å². The minimum atomic E-state index is -0.462. The lowest BCUT2D eigenvalue weighted by Gasteiger charge is -2.18. The van der Waals surface area contributed by atoms with Crippen molar-refractivity contribution in [2.45, 2.75) is 24.4 Å². The highest BCUT2D eigenvalue weighted by Gasteiger charge is 2.49. The summed E-state index contributed by atoms with van der Waals surface area (Å²) in [5, 5.41) is 5.66. The highest BCUT2D eigenvalue weighted by Crippen LogP contribution is 2.29. The van der Waals surface area contributed by atoms with E-state index in [0.29, 0.717) is 18.0 Å². The van der Waals surface area contributed by atoms with Crippen molar-refractivity contribution in [3.63, 3.8) is 0 Å². The molecule has 4 rings (SSSR count). The van der Waals surface area contributed by atoms with Gasteiger partial charge in [0.05, 0.1) is 26.4 Å². The zero-order chi connectivity index (χ0) is 21.6. The van der Waals surface area contributed by atoms with Gasteiger partial charge in [0.15, 0.2) is 0 Å². The van der Waals surface area contributed by atoms with Gasteiger partial charge in [-0.3, -0.25) is 0 Å². The number of hydrogen-bond donors (Lipinski definition) is 2. The highest BCUT2D eigenvalue weighted by molar-refractivity contribution is 5.89. The second-order valence-electron chi connectivity index (χ2n) is 7.17.